The van der Waals surface area contributed by atoms with Crippen LogP contribution in [0.2, 0.25) is 5.02 Å². The molecule has 2 aliphatic heterocycles. The normalized spacial score (nSPS) is 20.5. The van der Waals surface area contributed by atoms with Gasteiger partial charge in [0.05, 0.1) is 31.9 Å². The molecule has 3 heterocycles. The SMILES string of the molecule is O=C(Cc1csc(COc2ccc(Cl)cc2)n1)NCC(C1CCOC1)N1CCOCC1. The van der Waals surface area contributed by atoms with Gasteiger partial charge in [-0.1, -0.05) is 11.6 Å². The predicted octanol–water partition coefficient (Wildman–Crippen LogP) is 2.77. The molecule has 31 heavy (non-hydrogen) atoms. The summed E-state index contributed by atoms with van der Waals surface area (Å²) in [6.07, 6.45) is 1.31. The smallest absolute Gasteiger partial charge is 0.226 e. The number of hydrogen-bond donors (Lipinski definition) is 1. The van der Waals surface area contributed by atoms with Gasteiger partial charge >= 0.3 is 0 Å². The molecule has 0 radical (unpaired) electrons. The Bertz CT molecular complexity index is 836. The molecular weight excluding hydrogens is 438 g/mol. The molecule has 7 nitrogen and oxygen atoms in total. The second-order valence-corrected chi connectivity index (χ2v) is 9.17. The first-order valence-electron chi connectivity index (χ1n) is 10.7. The highest BCUT2D eigenvalue weighted by atomic mass is 35.5. The van der Waals surface area contributed by atoms with Gasteiger partial charge in [0.25, 0.3) is 0 Å². The number of carbonyl (C=O) groups excluding carboxylic acids is 1. The first-order chi connectivity index (χ1) is 15.2. The molecule has 0 bridgehead atoms. The van der Waals surface area contributed by atoms with Crippen molar-refractivity contribution < 1.29 is 19.0 Å². The maximum Gasteiger partial charge on any atom is 0.226 e. The lowest BCUT2D eigenvalue weighted by Gasteiger charge is -2.37. The molecule has 2 atom stereocenters. The molecule has 2 fully saturated rings. The Hall–Kier alpha value is -1.71. The van der Waals surface area contributed by atoms with Crippen molar-refractivity contribution in [1.82, 2.24) is 15.2 Å². The summed E-state index contributed by atoms with van der Waals surface area (Å²) < 4.78 is 16.8. The number of thiazole rings is 1. The summed E-state index contributed by atoms with van der Waals surface area (Å²) >= 11 is 7.39. The Balaban J connectivity index is 1.25. The van der Waals surface area contributed by atoms with Crippen molar-refractivity contribution in [1.29, 1.82) is 0 Å². The first-order valence-corrected chi connectivity index (χ1v) is 11.9. The number of amides is 1. The zero-order valence-electron chi connectivity index (χ0n) is 17.4. The van der Waals surface area contributed by atoms with E-state index in [9.17, 15) is 4.79 Å². The number of benzene rings is 1. The maximum atomic E-state index is 12.6. The third-order valence-corrected chi connectivity index (χ3v) is 6.77. The van der Waals surface area contributed by atoms with E-state index in [1.807, 2.05) is 17.5 Å². The monoisotopic (exact) mass is 465 g/mol. The zero-order valence-corrected chi connectivity index (χ0v) is 19.0. The summed E-state index contributed by atoms with van der Waals surface area (Å²) in [5.74, 6) is 1.19. The van der Waals surface area contributed by atoms with Crippen LogP contribution in [0.1, 0.15) is 17.1 Å². The predicted molar refractivity (Wildman–Crippen MR) is 120 cm³/mol. The number of halogens is 1. The van der Waals surface area contributed by atoms with Crippen LogP contribution in [0, 0.1) is 5.92 Å². The lowest BCUT2D eigenvalue weighted by atomic mass is 9.97. The summed E-state index contributed by atoms with van der Waals surface area (Å²) in [6.45, 7) is 5.87. The van der Waals surface area contributed by atoms with E-state index in [0.29, 0.717) is 24.1 Å². The van der Waals surface area contributed by atoms with Crippen molar-refractivity contribution in [3.63, 3.8) is 0 Å². The molecule has 1 aromatic heterocycles. The Morgan fingerprint density at radius 3 is 2.81 bits per heavy atom. The van der Waals surface area contributed by atoms with E-state index in [4.69, 9.17) is 25.8 Å². The van der Waals surface area contributed by atoms with E-state index in [1.54, 1.807) is 12.1 Å². The molecule has 4 rings (SSSR count). The third-order valence-electron chi connectivity index (χ3n) is 5.65. The Kier molecular flexibility index (Phi) is 8.15. The van der Waals surface area contributed by atoms with Crippen LogP contribution in [0.4, 0.5) is 0 Å². The van der Waals surface area contributed by atoms with Gasteiger partial charge in [-0.05, 0) is 30.7 Å². The zero-order chi connectivity index (χ0) is 21.5. The van der Waals surface area contributed by atoms with Crippen LogP contribution in [0.3, 0.4) is 0 Å². The van der Waals surface area contributed by atoms with E-state index in [-0.39, 0.29) is 18.4 Å². The molecule has 168 valence electrons. The van der Waals surface area contributed by atoms with Crippen molar-refractivity contribution >= 4 is 28.8 Å². The van der Waals surface area contributed by atoms with Gasteiger partial charge in [0.15, 0.2) is 0 Å². The van der Waals surface area contributed by atoms with Gasteiger partial charge in [0.1, 0.15) is 17.4 Å². The quantitative estimate of drug-likeness (QED) is 0.614. The number of nitrogens with zero attached hydrogens (tertiary/aromatic N) is 2. The highest BCUT2D eigenvalue weighted by Gasteiger charge is 2.31. The van der Waals surface area contributed by atoms with Gasteiger partial charge in [-0.15, -0.1) is 11.3 Å². The minimum atomic E-state index is -0.00681. The number of morpholine rings is 1. The molecule has 2 aliphatic rings. The number of hydrogen-bond acceptors (Lipinski definition) is 7. The van der Waals surface area contributed by atoms with Crippen molar-refractivity contribution in [2.45, 2.75) is 25.5 Å². The molecule has 2 aromatic rings. The molecule has 2 saturated heterocycles. The van der Waals surface area contributed by atoms with Crippen LogP contribution in [-0.2, 0) is 27.3 Å². The molecular formula is C22H28ClN3O4S. The number of aromatic nitrogens is 1. The fourth-order valence-electron chi connectivity index (χ4n) is 3.98. The van der Waals surface area contributed by atoms with Gasteiger partial charge in [-0.25, -0.2) is 4.98 Å². The standard InChI is InChI=1S/C22H28ClN3O4S/c23-17-1-3-19(4-2-17)30-14-22-25-18(15-31-22)11-21(27)24-12-20(16-5-8-29-13-16)26-6-9-28-10-7-26/h1-4,15-16,20H,5-14H2,(H,24,27). The average Bonchev–Trinajstić information content (AvgIpc) is 3.47. The average molecular weight is 466 g/mol. The maximum absolute atomic E-state index is 12.6. The van der Waals surface area contributed by atoms with Crippen LogP contribution in [0.25, 0.3) is 0 Å². The van der Waals surface area contributed by atoms with Crippen LogP contribution >= 0.6 is 22.9 Å². The molecule has 0 aliphatic carbocycles. The Morgan fingerprint density at radius 1 is 1.26 bits per heavy atom. The van der Waals surface area contributed by atoms with Crippen LogP contribution in [0.5, 0.6) is 5.75 Å². The van der Waals surface area contributed by atoms with Crippen molar-refractivity contribution in [2.75, 3.05) is 46.1 Å². The largest absolute Gasteiger partial charge is 0.486 e. The van der Waals surface area contributed by atoms with E-state index >= 15 is 0 Å². The van der Waals surface area contributed by atoms with Crippen molar-refractivity contribution in [3.05, 3.63) is 45.4 Å². The number of rotatable bonds is 9. The summed E-state index contributed by atoms with van der Waals surface area (Å²) in [6, 6.07) is 7.51. The first kappa shape index (κ1) is 22.5. The van der Waals surface area contributed by atoms with Crippen LogP contribution in [-0.4, -0.2) is 67.9 Å². The molecule has 1 amide bonds. The van der Waals surface area contributed by atoms with E-state index < -0.39 is 0 Å². The summed E-state index contributed by atoms with van der Waals surface area (Å²) in [5.41, 5.74) is 0.768. The van der Waals surface area contributed by atoms with Gasteiger partial charge in [-0.2, -0.15) is 0 Å². The highest BCUT2D eigenvalue weighted by molar-refractivity contribution is 7.09. The Morgan fingerprint density at radius 2 is 2.06 bits per heavy atom. The fourth-order valence-corrected chi connectivity index (χ4v) is 4.81. The lowest BCUT2D eigenvalue weighted by molar-refractivity contribution is -0.121. The summed E-state index contributed by atoms with van der Waals surface area (Å²) in [5, 5.41) is 6.56. The topological polar surface area (TPSA) is 72.9 Å². The van der Waals surface area contributed by atoms with Gasteiger partial charge in [0, 0.05) is 48.6 Å². The second-order valence-electron chi connectivity index (χ2n) is 7.80. The number of ether oxygens (including phenoxy) is 3. The van der Waals surface area contributed by atoms with E-state index in [2.05, 4.69) is 15.2 Å². The van der Waals surface area contributed by atoms with E-state index in [1.165, 1.54) is 11.3 Å². The van der Waals surface area contributed by atoms with E-state index in [0.717, 1.165) is 62.4 Å². The summed E-state index contributed by atoms with van der Waals surface area (Å²) in [4.78, 5) is 19.5. The molecule has 1 aromatic carbocycles. The molecule has 0 saturated carbocycles. The molecule has 2 unspecified atom stereocenters. The lowest BCUT2D eigenvalue weighted by Crippen LogP contribution is -2.52. The number of carbonyl (C=O) groups is 1. The van der Waals surface area contributed by atoms with Crippen LogP contribution < -0.4 is 10.1 Å². The highest BCUT2D eigenvalue weighted by Crippen LogP contribution is 2.22. The summed E-state index contributed by atoms with van der Waals surface area (Å²) in [7, 11) is 0. The molecule has 0 spiro atoms. The Labute approximate surface area is 191 Å². The van der Waals surface area contributed by atoms with Gasteiger partial charge in [0.2, 0.25) is 5.91 Å². The minimum absolute atomic E-state index is 0.00681. The van der Waals surface area contributed by atoms with Crippen molar-refractivity contribution in [3.8, 4) is 5.75 Å². The molecule has 9 heteroatoms. The third kappa shape index (κ3) is 6.63. The van der Waals surface area contributed by atoms with Gasteiger partial charge < -0.3 is 19.5 Å². The van der Waals surface area contributed by atoms with Crippen molar-refractivity contribution in [2.24, 2.45) is 5.92 Å². The number of nitrogens with one attached hydrogen (secondary N) is 1. The van der Waals surface area contributed by atoms with Gasteiger partial charge in [-0.3, -0.25) is 9.69 Å². The molecule has 1 N–H and O–H groups in total. The minimum Gasteiger partial charge on any atom is -0.486 e. The van der Waals surface area contributed by atoms with Crippen LogP contribution in [0.15, 0.2) is 29.6 Å². The second kappa shape index (κ2) is 11.2. The fraction of sp³-hybridized carbons (Fsp3) is 0.545.